The molecule has 8 heteroatoms. The first-order valence-electron chi connectivity index (χ1n) is 8.04. The molecule has 2 aliphatic heterocycles. The molecule has 2 aliphatic rings. The number of hydrogen-bond acceptors (Lipinski definition) is 4. The molecule has 2 unspecified atom stereocenters. The van der Waals surface area contributed by atoms with E-state index in [1.54, 1.807) is 18.4 Å². The molecule has 0 spiro atoms. The predicted octanol–water partition coefficient (Wildman–Crippen LogP) is 2.71. The number of hydrogen-bond donors (Lipinski definition) is 3. The highest BCUT2D eigenvalue weighted by Crippen LogP contribution is 2.41. The largest absolute Gasteiger partial charge is 0.494 e. The Morgan fingerprint density at radius 2 is 2.00 bits per heavy atom. The van der Waals surface area contributed by atoms with Gasteiger partial charge in [0, 0.05) is 6.42 Å². The summed E-state index contributed by atoms with van der Waals surface area (Å²) in [5, 5.41) is 7.58. The average Bonchev–Trinajstić information content (AvgIpc) is 2.92. The first-order chi connectivity index (χ1) is 12.0. The molecule has 132 valence electrons. The summed E-state index contributed by atoms with van der Waals surface area (Å²) in [5.74, 6) is 0.753. The van der Waals surface area contributed by atoms with Crippen LogP contribution in [0.1, 0.15) is 32.5 Å². The molecule has 0 saturated heterocycles. The van der Waals surface area contributed by atoms with Crippen molar-refractivity contribution in [3.05, 3.63) is 42.6 Å². The zero-order chi connectivity index (χ0) is 17.7. The molecule has 0 aliphatic carbocycles. The van der Waals surface area contributed by atoms with Crippen molar-refractivity contribution in [3.63, 3.8) is 0 Å². The number of amides is 1. The summed E-state index contributed by atoms with van der Waals surface area (Å²) in [6.45, 7) is 2.07. The molecule has 2 atom stereocenters. The van der Waals surface area contributed by atoms with Crippen LogP contribution in [0, 0.1) is 0 Å². The number of methoxy groups -OCH3 is 1. The van der Waals surface area contributed by atoms with Gasteiger partial charge in [-0.1, -0.05) is 0 Å². The van der Waals surface area contributed by atoms with E-state index in [9.17, 15) is 4.79 Å². The lowest BCUT2D eigenvalue weighted by atomic mass is 10.0. The maximum absolute atomic E-state index is 12.8. The Morgan fingerprint density at radius 1 is 1.28 bits per heavy atom. The monoisotopic (exact) mass is 486 g/mol. The van der Waals surface area contributed by atoms with Crippen LogP contribution in [0.15, 0.2) is 21.1 Å². The van der Waals surface area contributed by atoms with E-state index in [1.807, 2.05) is 12.1 Å². The molecule has 1 aromatic carbocycles. The smallest absolute Gasteiger partial charge is 0.256 e. The van der Waals surface area contributed by atoms with Crippen LogP contribution in [0.4, 0.5) is 5.00 Å². The van der Waals surface area contributed by atoms with E-state index >= 15 is 0 Å². The third-order valence-corrected chi connectivity index (χ3v) is 7.03. The van der Waals surface area contributed by atoms with E-state index in [4.69, 9.17) is 4.74 Å². The van der Waals surface area contributed by atoms with Gasteiger partial charge in [0.1, 0.15) is 23.5 Å². The van der Waals surface area contributed by atoms with Gasteiger partial charge in [0.2, 0.25) is 0 Å². The summed E-state index contributed by atoms with van der Waals surface area (Å²) in [6, 6.07) is 3.94. The van der Waals surface area contributed by atoms with E-state index in [0.717, 1.165) is 50.3 Å². The van der Waals surface area contributed by atoms with Gasteiger partial charge >= 0.3 is 0 Å². The molecule has 3 heterocycles. The third kappa shape index (κ3) is 2.99. The highest BCUT2D eigenvalue weighted by molar-refractivity contribution is 9.11. The molecular weight excluding hydrogens is 470 g/mol. The van der Waals surface area contributed by atoms with Gasteiger partial charge in [-0.2, -0.15) is 0 Å². The SMILES string of the molecule is COc1c(Br)cc(C2NC(=O)c3c(sc4c3CC[NH+](C)C4)N2)cc1Br. The Morgan fingerprint density at radius 3 is 2.68 bits per heavy atom. The number of ether oxygens (including phenoxy) is 1. The lowest BCUT2D eigenvalue weighted by Crippen LogP contribution is -3.08. The van der Waals surface area contributed by atoms with Gasteiger partial charge < -0.3 is 20.3 Å². The fourth-order valence-corrected chi connectivity index (χ4v) is 6.37. The van der Waals surface area contributed by atoms with Crippen LogP contribution >= 0.6 is 43.2 Å². The molecule has 0 saturated carbocycles. The number of anilines is 1. The number of benzene rings is 1. The van der Waals surface area contributed by atoms with Crippen LogP contribution in [-0.2, 0) is 13.0 Å². The maximum atomic E-state index is 12.8. The van der Waals surface area contributed by atoms with Gasteiger partial charge in [-0.15, -0.1) is 11.3 Å². The standard InChI is InChI=1S/C17H17Br2N3O2S/c1-22-4-3-9-12(7-22)25-17-13(9)16(23)20-15(21-17)8-5-10(18)14(24-2)11(19)6-8/h5-6,15,21H,3-4,7H2,1-2H3,(H,20,23)/p+1. The van der Waals surface area contributed by atoms with E-state index in [0.29, 0.717) is 0 Å². The summed E-state index contributed by atoms with van der Waals surface area (Å²) in [4.78, 5) is 15.6. The van der Waals surface area contributed by atoms with Crippen molar-refractivity contribution in [3.8, 4) is 5.75 Å². The molecule has 2 aromatic rings. The second kappa shape index (κ2) is 6.57. The Hall–Kier alpha value is -1.09. The summed E-state index contributed by atoms with van der Waals surface area (Å²) < 4.78 is 7.05. The van der Waals surface area contributed by atoms with Crippen LogP contribution < -0.4 is 20.3 Å². The molecule has 25 heavy (non-hydrogen) atoms. The number of quaternary nitrogens is 1. The summed E-state index contributed by atoms with van der Waals surface area (Å²) in [6.07, 6.45) is 0.704. The van der Waals surface area contributed by atoms with Crippen LogP contribution in [0.5, 0.6) is 5.75 Å². The van der Waals surface area contributed by atoms with Crippen molar-refractivity contribution >= 4 is 54.1 Å². The predicted molar refractivity (Wildman–Crippen MR) is 106 cm³/mol. The Bertz CT molecular complexity index is 845. The fourth-order valence-electron chi connectivity index (χ4n) is 3.44. The Kier molecular flexibility index (Phi) is 4.56. The number of likely N-dealkylation sites (N-methyl/N-ethyl adjacent to an activating group) is 1. The number of carbonyl (C=O) groups excluding carboxylic acids is 1. The average molecular weight is 488 g/mol. The van der Waals surface area contributed by atoms with Gasteiger partial charge in [0.15, 0.2) is 0 Å². The number of carbonyl (C=O) groups is 1. The number of nitrogens with one attached hydrogen (secondary N) is 3. The van der Waals surface area contributed by atoms with Crippen LogP contribution in [0.25, 0.3) is 0 Å². The number of rotatable bonds is 2. The quantitative estimate of drug-likeness (QED) is 0.610. The molecule has 0 fully saturated rings. The molecule has 3 N–H and O–H groups in total. The van der Waals surface area contributed by atoms with E-state index in [-0.39, 0.29) is 12.1 Å². The van der Waals surface area contributed by atoms with Crippen molar-refractivity contribution in [2.24, 2.45) is 0 Å². The minimum absolute atomic E-state index is 0.0128. The van der Waals surface area contributed by atoms with Gasteiger partial charge in [-0.05, 0) is 55.1 Å². The first-order valence-corrected chi connectivity index (χ1v) is 10.4. The summed E-state index contributed by atoms with van der Waals surface area (Å²) >= 11 is 8.78. The molecule has 0 bridgehead atoms. The second-order valence-corrected chi connectivity index (χ2v) is 9.22. The minimum Gasteiger partial charge on any atom is -0.494 e. The second-order valence-electron chi connectivity index (χ2n) is 6.41. The molecule has 1 aromatic heterocycles. The lowest BCUT2D eigenvalue weighted by Gasteiger charge is -2.27. The zero-order valence-corrected chi connectivity index (χ0v) is 17.8. The van der Waals surface area contributed by atoms with E-state index in [2.05, 4.69) is 49.5 Å². The molecular formula is C17H18Br2N3O2S+. The minimum atomic E-state index is -0.260. The van der Waals surface area contributed by atoms with Gasteiger partial charge in [0.25, 0.3) is 5.91 Å². The molecule has 0 radical (unpaired) electrons. The van der Waals surface area contributed by atoms with Crippen LogP contribution in [0.3, 0.4) is 0 Å². The maximum Gasteiger partial charge on any atom is 0.256 e. The number of halogens is 2. The third-order valence-electron chi connectivity index (χ3n) is 4.69. The topological polar surface area (TPSA) is 54.8 Å². The Labute approximate surface area is 167 Å². The summed E-state index contributed by atoms with van der Waals surface area (Å²) in [7, 11) is 3.83. The van der Waals surface area contributed by atoms with Crippen LogP contribution in [-0.4, -0.2) is 26.6 Å². The molecule has 1 amide bonds. The van der Waals surface area contributed by atoms with Crippen molar-refractivity contribution in [2.45, 2.75) is 19.1 Å². The van der Waals surface area contributed by atoms with Gasteiger partial charge in [-0.3, -0.25) is 4.79 Å². The number of fused-ring (bicyclic) bond motifs is 3. The summed E-state index contributed by atoms with van der Waals surface area (Å²) in [5.41, 5.74) is 3.04. The van der Waals surface area contributed by atoms with Crippen LogP contribution in [0.2, 0.25) is 0 Å². The Balaban J connectivity index is 1.69. The van der Waals surface area contributed by atoms with Crippen molar-refractivity contribution in [2.75, 3.05) is 26.0 Å². The fraction of sp³-hybridized carbons (Fsp3) is 0.353. The highest BCUT2D eigenvalue weighted by atomic mass is 79.9. The van der Waals surface area contributed by atoms with E-state index < -0.39 is 0 Å². The first kappa shape index (κ1) is 17.3. The normalized spacial score (nSPS) is 21.8. The van der Waals surface area contributed by atoms with Crippen molar-refractivity contribution in [1.29, 1.82) is 0 Å². The zero-order valence-electron chi connectivity index (χ0n) is 13.8. The number of thiophene rings is 1. The van der Waals surface area contributed by atoms with E-state index in [1.165, 1.54) is 15.3 Å². The molecule has 4 rings (SSSR count). The van der Waals surface area contributed by atoms with Crippen molar-refractivity contribution in [1.82, 2.24) is 5.32 Å². The molecule has 5 nitrogen and oxygen atoms in total. The van der Waals surface area contributed by atoms with Gasteiger partial charge in [-0.25, -0.2) is 0 Å². The van der Waals surface area contributed by atoms with Gasteiger partial charge in [0.05, 0.1) is 40.1 Å². The van der Waals surface area contributed by atoms with Crippen molar-refractivity contribution < 1.29 is 14.4 Å². The lowest BCUT2D eigenvalue weighted by molar-refractivity contribution is -0.895. The highest BCUT2D eigenvalue weighted by Gasteiger charge is 2.34.